The van der Waals surface area contributed by atoms with Crippen LogP contribution in [0.25, 0.3) is 223 Å². The smallest absolute Gasteiger partial charge is 0.238 e. The Hall–Kier alpha value is -14.9. The van der Waals surface area contributed by atoms with Crippen LogP contribution in [0.4, 0.5) is 22.7 Å². The van der Waals surface area contributed by atoms with Gasteiger partial charge in [-0.15, -0.1) is 34.0 Å². The van der Waals surface area contributed by atoms with Gasteiger partial charge in [-0.2, -0.15) is 0 Å². The second-order valence-electron chi connectivity index (χ2n) is 28.3. The minimum Gasteiger partial charge on any atom is -0.507 e. The molecule has 0 aliphatic heterocycles. The third-order valence-corrected chi connectivity index (χ3v) is 26.1. The lowest BCUT2D eigenvalue weighted by Gasteiger charge is -2.26. The van der Waals surface area contributed by atoms with Crippen LogP contribution in [-0.2, 0) is 0 Å². The van der Waals surface area contributed by atoms with Crippen LogP contribution in [0.1, 0.15) is 0 Å². The molecular weight excluding hydrogens is 1440 g/mol. The van der Waals surface area contributed by atoms with E-state index in [2.05, 4.69) is 280 Å². The monoisotopic (exact) mass is 1490 g/mol. The number of benzene rings is 16. The zero-order valence-corrected chi connectivity index (χ0v) is 62.8. The van der Waals surface area contributed by atoms with Crippen LogP contribution in [0.3, 0.4) is 0 Å². The van der Waals surface area contributed by atoms with E-state index in [0.29, 0.717) is 28.4 Å². The summed E-state index contributed by atoms with van der Waals surface area (Å²) in [4.78, 5) is 16.8. The van der Waals surface area contributed by atoms with Crippen molar-refractivity contribution in [1.29, 1.82) is 0 Å². The lowest BCUT2D eigenvalue weighted by atomic mass is 9.91. The molecule has 23 rings (SSSR count). The van der Waals surface area contributed by atoms with Gasteiger partial charge in [0, 0.05) is 120 Å². The zero-order valence-electron chi connectivity index (χ0n) is 60.3. The molecule has 0 bridgehead atoms. The number of nitrogens with zero attached hydrogens (tertiary/aromatic N) is 8. The summed E-state index contributed by atoms with van der Waals surface area (Å²) in [5.74, 6) is 0.367. The molecule has 0 unspecified atom stereocenters. The highest BCUT2D eigenvalue weighted by atomic mass is 32.1. The van der Waals surface area contributed by atoms with Gasteiger partial charge in [0.25, 0.3) is 0 Å². The molecular formula is C101H56N8OS3. The Morgan fingerprint density at radius 1 is 0.239 bits per heavy atom. The van der Waals surface area contributed by atoms with Crippen LogP contribution in [0, 0.1) is 26.3 Å². The Balaban J connectivity index is 0.000000141. The van der Waals surface area contributed by atoms with E-state index in [-0.39, 0.29) is 11.4 Å². The second kappa shape index (κ2) is 25.6. The van der Waals surface area contributed by atoms with Gasteiger partial charge in [-0.05, 0) is 89.5 Å². The third-order valence-electron chi connectivity index (χ3n) is 22.6. The van der Waals surface area contributed by atoms with Crippen LogP contribution < -0.4 is 4.74 Å². The fraction of sp³-hybridized carbons (Fsp3) is 0.00990. The van der Waals surface area contributed by atoms with Gasteiger partial charge in [0.1, 0.15) is 5.75 Å². The van der Waals surface area contributed by atoms with Gasteiger partial charge in [-0.3, -0.25) is 0 Å². The van der Waals surface area contributed by atoms with Crippen molar-refractivity contribution in [3.8, 4) is 61.9 Å². The summed E-state index contributed by atoms with van der Waals surface area (Å²) in [5, 5.41) is 16.5. The van der Waals surface area contributed by atoms with Crippen molar-refractivity contribution in [1.82, 2.24) is 18.3 Å². The molecule has 0 aliphatic carbocycles. The lowest BCUT2D eigenvalue weighted by Crippen LogP contribution is -2.08. The zero-order chi connectivity index (χ0) is 75.3. The summed E-state index contributed by atoms with van der Waals surface area (Å²) >= 11 is 5.45. The van der Waals surface area contributed by atoms with Crippen molar-refractivity contribution < 1.29 is 4.74 Å². The number of ether oxygens (including phenoxy) is 1. The first-order chi connectivity index (χ1) is 55.9. The van der Waals surface area contributed by atoms with Gasteiger partial charge < -0.3 is 23.0 Å². The van der Waals surface area contributed by atoms with E-state index < -0.39 is 0 Å². The summed E-state index contributed by atoms with van der Waals surface area (Å²) in [6.45, 7) is 35.0. The number of hydrogen-bond acceptors (Lipinski definition) is 4. The average Bonchev–Trinajstić information content (AvgIpc) is 1.40. The molecule has 0 radical (unpaired) electrons. The van der Waals surface area contributed by atoms with E-state index in [1.54, 1.807) is 7.11 Å². The quantitative estimate of drug-likeness (QED) is 0.140. The first-order valence-electron chi connectivity index (χ1n) is 37.1. The predicted molar refractivity (Wildman–Crippen MR) is 477 cm³/mol. The molecule has 9 nitrogen and oxygen atoms in total. The van der Waals surface area contributed by atoms with Crippen molar-refractivity contribution in [2.75, 3.05) is 7.11 Å². The summed E-state index contributed by atoms with van der Waals surface area (Å²) < 4.78 is 23.0. The lowest BCUT2D eigenvalue weighted by molar-refractivity contribution is 0.416. The van der Waals surface area contributed by atoms with Crippen LogP contribution in [0.15, 0.2) is 322 Å². The van der Waals surface area contributed by atoms with Crippen molar-refractivity contribution >= 4 is 205 Å². The summed E-state index contributed by atoms with van der Waals surface area (Å²) in [5.41, 5.74) is 17.2. The maximum absolute atomic E-state index is 8.97. The molecule has 12 heteroatoms. The van der Waals surface area contributed by atoms with Crippen LogP contribution in [0.5, 0.6) is 5.75 Å². The maximum atomic E-state index is 8.97. The predicted octanol–water partition coefficient (Wildman–Crippen LogP) is 30.1. The van der Waals surface area contributed by atoms with E-state index in [4.69, 9.17) is 31.0 Å². The fourth-order valence-electron chi connectivity index (χ4n) is 18.0. The van der Waals surface area contributed by atoms with Crippen LogP contribution in [0.2, 0.25) is 0 Å². The van der Waals surface area contributed by atoms with E-state index in [0.717, 1.165) is 127 Å². The second-order valence-corrected chi connectivity index (χ2v) is 31.4. The Bertz CT molecular complexity index is 8070. The first-order valence-corrected chi connectivity index (χ1v) is 39.6. The Kier molecular flexibility index (Phi) is 14.8. The number of aromatic nitrogens is 4. The van der Waals surface area contributed by atoms with Crippen molar-refractivity contribution in [3.63, 3.8) is 0 Å². The van der Waals surface area contributed by atoms with Crippen LogP contribution in [-0.4, -0.2) is 25.4 Å². The largest absolute Gasteiger partial charge is 0.507 e. The highest BCUT2D eigenvalue weighted by Crippen LogP contribution is 2.59. The SMILES string of the molecule is [C-]#[N+]c1c([N+]#[C-])c(-c2ccccc2)c(-n2c3ccccc3c3c4sc5ccccc5c4ccc32)c(-n2c3ccccc3c3cc4c(cc32)sc2ccccc24)c1-c1ccccc1.[C-]#[N+]c1c([N+]#[C-])c(-c2ccccc2)c(-n2c3ccccc3c3c4sc5ccccc5c4ccc32)c(-n2c3ccccc3c3ccccc32)c1OC. The molecule has 0 amide bonds. The molecule has 0 atom stereocenters. The van der Waals surface area contributed by atoms with E-state index in [1.807, 2.05) is 113 Å². The molecule has 7 aromatic heterocycles. The molecule has 0 saturated heterocycles. The van der Waals surface area contributed by atoms with Crippen molar-refractivity contribution in [2.45, 2.75) is 0 Å². The van der Waals surface area contributed by atoms with Gasteiger partial charge in [0.15, 0.2) is 0 Å². The van der Waals surface area contributed by atoms with Gasteiger partial charge in [-0.25, -0.2) is 19.4 Å². The number of methoxy groups -OCH3 is 1. The van der Waals surface area contributed by atoms with E-state index in [9.17, 15) is 0 Å². The molecule has 0 aliphatic rings. The van der Waals surface area contributed by atoms with Gasteiger partial charge in [0.05, 0.1) is 100 Å². The molecule has 113 heavy (non-hydrogen) atoms. The summed E-state index contributed by atoms with van der Waals surface area (Å²) in [6.07, 6.45) is 0. The number of fused-ring (bicyclic) bond motifs is 23. The minimum absolute atomic E-state index is 0.194. The van der Waals surface area contributed by atoms with Crippen molar-refractivity contribution in [2.24, 2.45) is 0 Å². The van der Waals surface area contributed by atoms with Gasteiger partial charge in [-0.1, -0.05) is 249 Å². The van der Waals surface area contributed by atoms with Crippen molar-refractivity contribution in [3.05, 3.63) is 367 Å². The standard InChI is InChI=1S/C56H30N4S2.C45H26N4OS/c1-57-52-49(33-17-5-3-6-18-33)54(59-43-26-14-10-24-39(43)51-44(59)30-29-38-36-22-11-16-28-47(36)62-56(38)51)55(50(53(52)58-2)34-19-7-4-8-20-34)60-42-25-13-9-21-35(42)40-31-41-37-23-12-15-27-46(37)61-48(41)32-45(40)60;1-46-40-38(27-15-5-4-6-16-27)42(43(44(50-3)41(40)47-2)48-33-21-11-7-17-28(33)29-18-8-12-22-34(29)48)49-35-23-13-9-20-32(35)39-36(49)26-25-31-30-19-10-14-24-37(30)51-45(31)39/h3-32H;4-26H,3H3. The molecule has 16 aromatic carbocycles. The number of hydrogen-bond donors (Lipinski definition) is 0. The normalized spacial score (nSPS) is 11.7. The molecule has 0 spiro atoms. The molecule has 524 valence electrons. The summed E-state index contributed by atoms with van der Waals surface area (Å²) in [7, 11) is 1.60. The fourth-order valence-corrected chi connectivity index (χ4v) is 21.7. The Labute approximate surface area is 658 Å². The number of para-hydroxylation sites is 5. The Morgan fingerprint density at radius 3 is 0.956 bits per heavy atom. The number of rotatable bonds is 8. The van der Waals surface area contributed by atoms with E-state index in [1.165, 1.54) is 65.9 Å². The van der Waals surface area contributed by atoms with Gasteiger partial charge >= 0.3 is 0 Å². The van der Waals surface area contributed by atoms with Gasteiger partial charge in [0.2, 0.25) is 22.7 Å². The molecule has 7 heterocycles. The van der Waals surface area contributed by atoms with E-state index >= 15 is 0 Å². The maximum Gasteiger partial charge on any atom is 0.238 e. The molecule has 0 N–H and O–H groups in total. The van der Waals surface area contributed by atoms with Crippen LogP contribution >= 0.6 is 34.0 Å². The first kappa shape index (κ1) is 65.2. The molecule has 0 saturated carbocycles. The molecule has 23 aromatic rings. The number of thiophene rings is 3. The third kappa shape index (κ3) is 9.44. The Morgan fingerprint density at radius 2 is 0.549 bits per heavy atom. The average molecular weight is 1490 g/mol. The highest BCUT2D eigenvalue weighted by Gasteiger charge is 2.35. The minimum atomic E-state index is 0.194. The summed E-state index contributed by atoms with van der Waals surface area (Å²) in [6, 6.07) is 113. The molecule has 0 fully saturated rings. The topological polar surface area (TPSA) is 46.4 Å². The highest BCUT2D eigenvalue weighted by molar-refractivity contribution is 7.27.